The highest BCUT2D eigenvalue weighted by molar-refractivity contribution is 7.45. The summed E-state index contributed by atoms with van der Waals surface area (Å²) in [5, 5.41) is 13.7. The van der Waals surface area contributed by atoms with E-state index in [1.54, 1.807) is 6.08 Å². The second-order valence-electron chi connectivity index (χ2n) is 14.6. The van der Waals surface area contributed by atoms with Crippen LogP contribution in [0.1, 0.15) is 174 Å². The highest BCUT2D eigenvalue weighted by Crippen LogP contribution is 2.38. The molecule has 0 fully saturated rings. The number of rotatable bonds is 35. The van der Waals surface area contributed by atoms with Gasteiger partial charge >= 0.3 is 0 Å². The van der Waals surface area contributed by atoms with Crippen LogP contribution in [0.2, 0.25) is 0 Å². The first kappa shape index (κ1) is 46.2. The van der Waals surface area contributed by atoms with E-state index in [-0.39, 0.29) is 19.1 Å². The molecule has 0 aliphatic carbocycles. The van der Waals surface area contributed by atoms with Gasteiger partial charge in [-0.2, -0.15) is 0 Å². The molecule has 280 valence electrons. The number of phosphoric ester groups is 1. The Hall–Kier alpha value is -0.760. The van der Waals surface area contributed by atoms with E-state index in [1.807, 2.05) is 27.2 Å². The summed E-state index contributed by atoms with van der Waals surface area (Å²) in [6.07, 6.45) is 32.4. The van der Waals surface area contributed by atoms with E-state index in [0.29, 0.717) is 17.4 Å². The Kier molecular flexibility index (Phi) is 30.7. The van der Waals surface area contributed by atoms with Crippen molar-refractivity contribution in [2.45, 2.75) is 187 Å². The predicted octanol–water partition coefficient (Wildman–Crippen LogP) is 9.39. The predicted molar refractivity (Wildman–Crippen MR) is 196 cm³/mol. The first-order valence-corrected chi connectivity index (χ1v) is 21.0. The van der Waals surface area contributed by atoms with Crippen molar-refractivity contribution in [2.24, 2.45) is 0 Å². The molecule has 0 bridgehead atoms. The van der Waals surface area contributed by atoms with Crippen LogP contribution in [-0.2, 0) is 18.4 Å². The van der Waals surface area contributed by atoms with E-state index >= 15 is 0 Å². The number of quaternary nitrogens is 1. The number of aliphatic hydroxyl groups excluding tert-OH is 1. The zero-order valence-electron chi connectivity index (χ0n) is 31.5. The van der Waals surface area contributed by atoms with Crippen LogP contribution in [0.15, 0.2) is 12.2 Å². The maximum Gasteiger partial charge on any atom is 0.268 e. The zero-order chi connectivity index (χ0) is 35.1. The topological polar surface area (TPSA) is 108 Å². The number of carbonyl (C=O) groups is 1. The first-order chi connectivity index (χ1) is 22.5. The summed E-state index contributed by atoms with van der Waals surface area (Å²) in [4.78, 5) is 25.1. The van der Waals surface area contributed by atoms with Gasteiger partial charge in [0.1, 0.15) is 13.2 Å². The standard InChI is InChI=1S/C38H77N2O6P/c1-6-8-10-12-14-16-18-19-20-22-24-26-28-30-32-38(42)39-36(35-46-47(43,44)45-34-33-40(3,4)5)37(41)31-29-27-25-23-21-17-15-13-11-9-7-2/h29,31,36-37,41H,6-28,30,32-35H2,1-5H3,(H-,39,42,43,44)/b31-29+. The minimum Gasteiger partial charge on any atom is -0.756 e. The molecule has 0 radical (unpaired) electrons. The number of aliphatic hydroxyl groups is 1. The molecule has 47 heavy (non-hydrogen) atoms. The van der Waals surface area contributed by atoms with Gasteiger partial charge in [-0.25, -0.2) is 0 Å². The molecule has 0 saturated carbocycles. The SMILES string of the molecule is CCCCCCCCCCC/C=C/C(O)C(COP(=O)([O-])OCC[N+](C)(C)C)NC(=O)CCCCCCCCCCCCCCCC. The fourth-order valence-corrected chi connectivity index (χ4v) is 6.29. The van der Waals surface area contributed by atoms with E-state index in [9.17, 15) is 19.4 Å². The van der Waals surface area contributed by atoms with Crippen molar-refractivity contribution in [1.82, 2.24) is 5.32 Å². The molecule has 0 heterocycles. The van der Waals surface area contributed by atoms with E-state index in [4.69, 9.17) is 9.05 Å². The van der Waals surface area contributed by atoms with Gasteiger partial charge in [0, 0.05) is 6.42 Å². The van der Waals surface area contributed by atoms with Crippen LogP contribution in [0, 0.1) is 0 Å². The summed E-state index contributed by atoms with van der Waals surface area (Å²) in [7, 11) is 1.26. The minimum atomic E-state index is -4.57. The summed E-state index contributed by atoms with van der Waals surface area (Å²) in [6.45, 7) is 4.62. The lowest BCUT2D eigenvalue weighted by Crippen LogP contribution is -2.45. The van der Waals surface area contributed by atoms with Crippen LogP contribution < -0.4 is 10.2 Å². The van der Waals surface area contributed by atoms with Gasteiger partial charge in [0.25, 0.3) is 7.82 Å². The number of carbonyl (C=O) groups excluding carboxylic acids is 1. The lowest BCUT2D eigenvalue weighted by molar-refractivity contribution is -0.870. The summed E-state index contributed by atoms with van der Waals surface area (Å²) in [5.41, 5.74) is 0. The molecule has 9 heteroatoms. The number of nitrogens with zero attached hydrogens (tertiary/aromatic N) is 1. The average molecular weight is 689 g/mol. The van der Waals surface area contributed by atoms with Crippen LogP contribution in [0.5, 0.6) is 0 Å². The number of nitrogens with one attached hydrogen (secondary N) is 1. The van der Waals surface area contributed by atoms with Gasteiger partial charge < -0.3 is 28.8 Å². The van der Waals surface area contributed by atoms with E-state index < -0.39 is 20.0 Å². The molecule has 0 aromatic rings. The van der Waals surface area contributed by atoms with Gasteiger partial charge in [-0.15, -0.1) is 0 Å². The number of phosphoric acid groups is 1. The Morgan fingerprint density at radius 1 is 0.723 bits per heavy atom. The fourth-order valence-electron chi connectivity index (χ4n) is 5.56. The average Bonchev–Trinajstić information content (AvgIpc) is 3.01. The van der Waals surface area contributed by atoms with Crippen molar-refractivity contribution in [3.05, 3.63) is 12.2 Å². The lowest BCUT2D eigenvalue weighted by Gasteiger charge is -2.29. The monoisotopic (exact) mass is 689 g/mol. The molecule has 0 saturated heterocycles. The summed E-state index contributed by atoms with van der Waals surface area (Å²) < 4.78 is 23.1. The quantitative estimate of drug-likeness (QED) is 0.0297. The Balaban J connectivity index is 4.49. The second kappa shape index (κ2) is 31.2. The number of amides is 1. The molecule has 0 spiro atoms. The van der Waals surface area contributed by atoms with Gasteiger partial charge in [-0.1, -0.05) is 161 Å². The molecular weight excluding hydrogens is 611 g/mol. The molecule has 1 amide bonds. The van der Waals surface area contributed by atoms with Crippen LogP contribution in [0.4, 0.5) is 0 Å². The highest BCUT2D eigenvalue weighted by Gasteiger charge is 2.23. The molecule has 3 unspecified atom stereocenters. The fraction of sp³-hybridized carbons (Fsp3) is 0.921. The van der Waals surface area contributed by atoms with Crippen molar-refractivity contribution in [3.8, 4) is 0 Å². The molecule has 3 atom stereocenters. The lowest BCUT2D eigenvalue weighted by atomic mass is 10.0. The Morgan fingerprint density at radius 3 is 1.60 bits per heavy atom. The Morgan fingerprint density at radius 2 is 1.15 bits per heavy atom. The third-order valence-electron chi connectivity index (χ3n) is 8.75. The Labute approximate surface area is 291 Å². The normalized spacial score (nSPS) is 14.8. The molecular formula is C38H77N2O6P. The molecule has 8 nitrogen and oxygen atoms in total. The molecule has 0 aliphatic heterocycles. The van der Waals surface area contributed by atoms with Crippen molar-refractivity contribution >= 4 is 13.7 Å². The largest absolute Gasteiger partial charge is 0.756 e. The van der Waals surface area contributed by atoms with Gasteiger partial charge in [-0.05, 0) is 19.3 Å². The third-order valence-corrected chi connectivity index (χ3v) is 9.71. The van der Waals surface area contributed by atoms with Crippen molar-refractivity contribution in [1.29, 1.82) is 0 Å². The second-order valence-corrected chi connectivity index (χ2v) is 16.1. The van der Waals surface area contributed by atoms with Gasteiger partial charge in [-0.3, -0.25) is 9.36 Å². The third kappa shape index (κ3) is 33.5. The molecule has 2 N–H and O–H groups in total. The van der Waals surface area contributed by atoms with Crippen LogP contribution >= 0.6 is 7.82 Å². The zero-order valence-corrected chi connectivity index (χ0v) is 32.4. The number of likely N-dealkylation sites (N-methyl/N-ethyl adjacent to an activating group) is 1. The maximum absolute atomic E-state index is 12.8. The smallest absolute Gasteiger partial charge is 0.268 e. The molecule has 0 aliphatic rings. The van der Waals surface area contributed by atoms with Gasteiger partial charge in [0.15, 0.2) is 0 Å². The van der Waals surface area contributed by atoms with Crippen molar-refractivity contribution < 1.29 is 32.9 Å². The van der Waals surface area contributed by atoms with Crippen molar-refractivity contribution in [3.63, 3.8) is 0 Å². The van der Waals surface area contributed by atoms with Gasteiger partial charge in [0.05, 0.1) is 39.9 Å². The summed E-state index contributed by atoms with van der Waals surface area (Å²) in [5.74, 6) is -0.199. The van der Waals surface area contributed by atoms with Gasteiger partial charge in [0.2, 0.25) is 5.91 Å². The number of hydrogen-bond donors (Lipinski definition) is 2. The van der Waals surface area contributed by atoms with E-state index in [2.05, 4.69) is 19.2 Å². The summed E-state index contributed by atoms with van der Waals surface area (Å²) >= 11 is 0. The number of unbranched alkanes of at least 4 members (excludes halogenated alkanes) is 22. The summed E-state index contributed by atoms with van der Waals surface area (Å²) in [6, 6.07) is -0.877. The van der Waals surface area contributed by atoms with Crippen molar-refractivity contribution in [2.75, 3.05) is 40.9 Å². The number of hydrogen-bond acceptors (Lipinski definition) is 6. The maximum atomic E-state index is 12.8. The highest BCUT2D eigenvalue weighted by atomic mass is 31.2. The molecule has 0 aromatic heterocycles. The van der Waals surface area contributed by atoms with Crippen LogP contribution in [0.25, 0.3) is 0 Å². The first-order valence-electron chi connectivity index (χ1n) is 19.6. The van der Waals surface area contributed by atoms with E-state index in [0.717, 1.165) is 38.5 Å². The van der Waals surface area contributed by atoms with Crippen LogP contribution in [0.3, 0.4) is 0 Å². The molecule has 0 aromatic carbocycles. The molecule has 0 rings (SSSR count). The Bertz CT molecular complexity index is 789. The van der Waals surface area contributed by atoms with E-state index in [1.165, 1.54) is 116 Å². The van der Waals surface area contributed by atoms with Crippen LogP contribution in [-0.4, -0.2) is 68.5 Å². The minimum absolute atomic E-state index is 0.00161. The number of allylic oxidation sites excluding steroid dienone is 1.